The predicted molar refractivity (Wildman–Crippen MR) is 98.5 cm³/mol. The van der Waals surface area contributed by atoms with Crippen LogP contribution in [0.1, 0.15) is 51.6 Å². The number of nitrogens with one attached hydrogen (secondary N) is 2. The Bertz CT molecular complexity index is 566. The Hall–Kier alpha value is -2.08. The van der Waals surface area contributed by atoms with E-state index in [2.05, 4.69) is 10.6 Å². The predicted octanol–water partition coefficient (Wildman–Crippen LogP) is 3.31. The molecule has 0 bridgehead atoms. The van der Waals surface area contributed by atoms with E-state index in [1.165, 1.54) is 0 Å². The van der Waals surface area contributed by atoms with E-state index in [0.717, 1.165) is 43.8 Å². The summed E-state index contributed by atoms with van der Waals surface area (Å²) in [4.78, 5) is 25.7. The van der Waals surface area contributed by atoms with Crippen molar-refractivity contribution < 1.29 is 14.3 Å². The first kappa shape index (κ1) is 19.2. The molecule has 138 valence electrons. The van der Waals surface area contributed by atoms with Crippen molar-refractivity contribution in [2.24, 2.45) is 0 Å². The van der Waals surface area contributed by atoms with Crippen molar-refractivity contribution in [1.29, 1.82) is 0 Å². The lowest BCUT2D eigenvalue weighted by Crippen LogP contribution is -2.46. The molecule has 1 heterocycles. The Morgan fingerprint density at radius 3 is 2.40 bits per heavy atom. The number of carbonyl (C=O) groups excluding carboxylic acids is 2. The SMILES string of the molecule is CCOC1CCN(C(=O)N[C@H](C)c2ccc(NC(=O)CC)cc2)CC1. The lowest BCUT2D eigenvalue weighted by atomic mass is 10.1. The molecule has 3 amide bonds. The van der Waals surface area contributed by atoms with Gasteiger partial charge in [-0.05, 0) is 44.4 Å². The second kappa shape index (κ2) is 9.42. The van der Waals surface area contributed by atoms with Gasteiger partial charge in [-0.25, -0.2) is 4.79 Å². The van der Waals surface area contributed by atoms with Gasteiger partial charge in [-0.3, -0.25) is 4.79 Å². The molecule has 1 aromatic rings. The second-order valence-corrected chi connectivity index (χ2v) is 6.34. The molecule has 1 aliphatic heterocycles. The number of urea groups is 1. The molecule has 1 aliphatic rings. The van der Waals surface area contributed by atoms with Crippen LogP contribution in [0.15, 0.2) is 24.3 Å². The number of ether oxygens (including phenoxy) is 1. The molecule has 0 saturated carbocycles. The van der Waals surface area contributed by atoms with E-state index in [1.807, 2.05) is 49.9 Å². The molecule has 6 nitrogen and oxygen atoms in total. The third kappa shape index (κ3) is 5.74. The molecular weight excluding hydrogens is 318 g/mol. The van der Waals surface area contributed by atoms with Crippen LogP contribution in [-0.2, 0) is 9.53 Å². The van der Waals surface area contributed by atoms with Gasteiger partial charge in [0.05, 0.1) is 12.1 Å². The number of hydrogen-bond donors (Lipinski definition) is 2. The van der Waals surface area contributed by atoms with Gasteiger partial charge in [0.15, 0.2) is 0 Å². The van der Waals surface area contributed by atoms with Gasteiger partial charge in [0, 0.05) is 31.8 Å². The van der Waals surface area contributed by atoms with E-state index >= 15 is 0 Å². The minimum atomic E-state index is -0.0898. The number of rotatable bonds is 6. The normalized spacial score (nSPS) is 16.4. The summed E-state index contributed by atoms with van der Waals surface area (Å²) in [5.41, 5.74) is 1.78. The molecule has 1 fully saturated rings. The molecule has 0 unspecified atom stereocenters. The van der Waals surface area contributed by atoms with Crippen molar-refractivity contribution in [3.63, 3.8) is 0 Å². The monoisotopic (exact) mass is 347 g/mol. The largest absolute Gasteiger partial charge is 0.378 e. The summed E-state index contributed by atoms with van der Waals surface area (Å²) in [5.74, 6) is -0.00967. The Kier molecular flexibility index (Phi) is 7.25. The summed E-state index contributed by atoms with van der Waals surface area (Å²) in [6, 6.07) is 7.45. The lowest BCUT2D eigenvalue weighted by molar-refractivity contribution is -0.115. The fourth-order valence-electron chi connectivity index (χ4n) is 2.93. The number of piperidine rings is 1. The zero-order chi connectivity index (χ0) is 18.2. The van der Waals surface area contributed by atoms with E-state index in [4.69, 9.17) is 4.74 Å². The van der Waals surface area contributed by atoms with Gasteiger partial charge in [-0.2, -0.15) is 0 Å². The van der Waals surface area contributed by atoms with Gasteiger partial charge in [0.25, 0.3) is 0 Å². The standard InChI is InChI=1S/C19H29N3O3/c1-4-18(23)21-16-8-6-15(7-9-16)14(3)20-19(24)22-12-10-17(11-13-22)25-5-2/h6-9,14,17H,4-5,10-13H2,1-3H3,(H,20,24)(H,21,23)/t14-/m1/s1. The number of likely N-dealkylation sites (tertiary alicyclic amines) is 1. The van der Waals surface area contributed by atoms with Crippen LogP contribution in [-0.4, -0.2) is 42.6 Å². The molecule has 2 N–H and O–H groups in total. The van der Waals surface area contributed by atoms with Crippen molar-refractivity contribution in [2.75, 3.05) is 25.0 Å². The van der Waals surface area contributed by atoms with Gasteiger partial charge in [-0.15, -0.1) is 0 Å². The maximum Gasteiger partial charge on any atom is 0.317 e. The average Bonchev–Trinajstić information content (AvgIpc) is 2.63. The highest BCUT2D eigenvalue weighted by Gasteiger charge is 2.23. The van der Waals surface area contributed by atoms with E-state index in [1.54, 1.807) is 0 Å². The molecule has 0 aliphatic carbocycles. The van der Waals surface area contributed by atoms with Crippen LogP contribution in [0.2, 0.25) is 0 Å². The number of anilines is 1. The fourth-order valence-corrected chi connectivity index (χ4v) is 2.93. The summed E-state index contributed by atoms with van der Waals surface area (Å²) >= 11 is 0. The number of amides is 3. The Morgan fingerprint density at radius 1 is 1.20 bits per heavy atom. The summed E-state index contributed by atoms with van der Waals surface area (Å²) in [6.45, 7) is 7.96. The summed E-state index contributed by atoms with van der Waals surface area (Å²) in [7, 11) is 0. The molecule has 1 aromatic carbocycles. The molecule has 6 heteroatoms. The van der Waals surface area contributed by atoms with E-state index in [9.17, 15) is 9.59 Å². The third-order valence-corrected chi connectivity index (χ3v) is 4.49. The average molecular weight is 347 g/mol. The molecule has 25 heavy (non-hydrogen) atoms. The van der Waals surface area contributed by atoms with Gasteiger partial charge in [0.2, 0.25) is 5.91 Å². The van der Waals surface area contributed by atoms with Crippen molar-refractivity contribution in [3.05, 3.63) is 29.8 Å². The topological polar surface area (TPSA) is 70.7 Å². The second-order valence-electron chi connectivity index (χ2n) is 6.34. The van der Waals surface area contributed by atoms with Gasteiger partial charge >= 0.3 is 6.03 Å². The van der Waals surface area contributed by atoms with Crippen molar-refractivity contribution in [2.45, 2.75) is 52.2 Å². The molecule has 1 atom stereocenters. The summed E-state index contributed by atoms with van der Waals surface area (Å²) in [6.07, 6.45) is 2.51. The van der Waals surface area contributed by atoms with Crippen LogP contribution in [0.4, 0.5) is 10.5 Å². The van der Waals surface area contributed by atoms with Gasteiger partial charge in [-0.1, -0.05) is 19.1 Å². The number of nitrogens with zero attached hydrogens (tertiary/aromatic N) is 1. The maximum absolute atomic E-state index is 12.4. The van der Waals surface area contributed by atoms with E-state index < -0.39 is 0 Å². The number of benzene rings is 1. The number of hydrogen-bond acceptors (Lipinski definition) is 3. The fraction of sp³-hybridized carbons (Fsp3) is 0.579. The summed E-state index contributed by atoms with van der Waals surface area (Å²) in [5, 5.41) is 5.86. The third-order valence-electron chi connectivity index (χ3n) is 4.49. The van der Waals surface area contributed by atoms with Crippen LogP contribution in [0.3, 0.4) is 0 Å². The van der Waals surface area contributed by atoms with Crippen LogP contribution < -0.4 is 10.6 Å². The smallest absolute Gasteiger partial charge is 0.317 e. The molecule has 0 aromatic heterocycles. The van der Waals surface area contributed by atoms with Crippen LogP contribution in [0.25, 0.3) is 0 Å². The van der Waals surface area contributed by atoms with Crippen molar-refractivity contribution >= 4 is 17.6 Å². The highest BCUT2D eigenvalue weighted by Crippen LogP contribution is 2.18. The Balaban J connectivity index is 1.83. The molecule has 1 saturated heterocycles. The minimum absolute atomic E-state index is 0.00967. The quantitative estimate of drug-likeness (QED) is 0.829. The highest BCUT2D eigenvalue weighted by atomic mass is 16.5. The first-order valence-electron chi connectivity index (χ1n) is 9.10. The Labute approximate surface area is 149 Å². The van der Waals surface area contributed by atoms with Gasteiger partial charge < -0.3 is 20.3 Å². The minimum Gasteiger partial charge on any atom is -0.378 e. The summed E-state index contributed by atoms with van der Waals surface area (Å²) < 4.78 is 5.62. The zero-order valence-electron chi connectivity index (χ0n) is 15.4. The zero-order valence-corrected chi connectivity index (χ0v) is 15.4. The first-order chi connectivity index (χ1) is 12.0. The van der Waals surface area contributed by atoms with Crippen molar-refractivity contribution in [3.8, 4) is 0 Å². The first-order valence-corrected chi connectivity index (χ1v) is 9.10. The Morgan fingerprint density at radius 2 is 1.84 bits per heavy atom. The highest BCUT2D eigenvalue weighted by molar-refractivity contribution is 5.90. The maximum atomic E-state index is 12.4. The lowest BCUT2D eigenvalue weighted by Gasteiger charge is -2.32. The van der Waals surface area contributed by atoms with E-state index in [-0.39, 0.29) is 24.1 Å². The van der Waals surface area contributed by atoms with Crippen LogP contribution in [0.5, 0.6) is 0 Å². The van der Waals surface area contributed by atoms with Crippen LogP contribution in [0, 0.1) is 0 Å². The molecule has 2 rings (SSSR count). The van der Waals surface area contributed by atoms with Crippen LogP contribution >= 0.6 is 0 Å². The van der Waals surface area contributed by atoms with E-state index in [0.29, 0.717) is 6.42 Å². The number of carbonyl (C=O) groups is 2. The molecular formula is C19H29N3O3. The molecule has 0 radical (unpaired) electrons. The van der Waals surface area contributed by atoms with Crippen molar-refractivity contribution in [1.82, 2.24) is 10.2 Å². The van der Waals surface area contributed by atoms with Gasteiger partial charge in [0.1, 0.15) is 0 Å². The molecule has 0 spiro atoms.